The Morgan fingerprint density at radius 2 is 2.25 bits per heavy atom. The first-order valence-corrected chi connectivity index (χ1v) is 5.67. The molecule has 0 saturated carbocycles. The van der Waals surface area contributed by atoms with E-state index in [1.54, 1.807) is 0 Å². The van der Waals surface area contributed by atoms with Crippen molar-refractivity contribution in [3.63, 3.8) is 0 Å². The van der Waals surface area contributed by atoms with Crippen LogP contribution in [0.5, 0.6) is 0 Å². The van der Waals surface area contributed by atoms with Gasteiger partial charge < -0.3 is 10.2 Å². The molecule has 16 heavy (non-hydrogen) atoms. The van der Waals surface area contributed by atoms with Crippen LogP contribution in [-0.4, -0.2) is 30.3 Å². The molecule has 1 aromatic heterocycles. The zero-order valence-electron chi connectivity index (χ0n) is 9.90. The fourth-order valence-electron chi connectivity index (χ4n) is 1.90. The monoisotopic (exact) mass is 218 g/mol. The molecule has 0 amide bonds. The van der Waals surface area contributed by atoms with Crippen LogP contribution in [0, 0.1) is 0 Å². The summed E-state index contributed by atoms with van der Waals surface area (Å²) in [5.74, 6) is 0.979. The van der Waals surface area contributed by atoms with Gasteiger partial charge in [-0.1, -0.05) is 11.6 Å². The first kappa shape index (κ1) is 11.1. The van der Waals surface area contributed by atoms with Crippen LogP contribution < -0.4 is 10.2 Å². The highest BCUT2D eigenvalue weighted by Crippen LogP contribution is 2.16. The van der Waals surface area contributed by atoms with Gasteiger partial charge >= 0.3 is 0 Å². The summed E-state index contributed by atoms with van der Waals surface area (Å²) in [4.78, 5) is 2.27. The number of hydrogen-bond donors (Lipinski definition) is 1. The zero-order valence-corrected chi connectivity index (χ0v) is 9.90. The lowest BCUT2D eigenvalue weighted by molar-refractivity contribution is 0.738. The molecule has 2 rings (SSSR count). The maximum Gasteiger partial charge on any atom is 0.151 e. The largest absolute Gasteiger partial charge is 0.351 e. The van der Waals surface area contributed by atoms with Crippen molar-refractivity contribution in [3.8, 4) is 0 Å². The molecule has 0 atom stereocenters. The Morgan fingerprint density at radius 3 is 2.88 bits per heavy atom. The van der Waals surface area contributed by atoms with Crippen LogP contribution in [0.1, 0.15) is 19.0 Å². The first-order chi connectivity index (χ1) is 7.79. The van der Waals surface area contributed by atoms with E-state index < -0.39 is 0 Å². The average Bonchev–Trinajstić information content (AvgIpc) is 2.30. The molecule has 1 aliphatic heterocycles. The van der Waals surface area contributed by atoms with Gasteiger partial charge in [-0.25, -0.2) is 0 Å². The molecule has 1 aliphatic rings. The van der Waals surface area contributed by atoms with Gasteiger partial charge in [0.2, 0.25) is 0 Å². The highest BCUT2D eigenvalue weighted by molar-refractivity contribution is 5.40. The van der Waals surface area contributed by atoms with Crippen LogP contribution in [-0.2, 0) is 6.54 Å². The van der Waals surface area contributed by atoms with Crippen molar-refractivity contribution in [1.29, 1.82) is 0 Å². The van der Waals surface area contributed by atoms with Gasteiger partial charge in [-0.3, -0.25) is 0 Å². The van der Waals surface area contributed by atoms with E-state index in [2.05, 4.69) is 39.5 Å². The topological polar surface area (TPSA) is 41.0 Å². The lowest BCUT2D eigenvalue weighted by atomic mass is 10.1. The molecule has 0 spiro atoms. The molecule has 0 unspecified atom stereocenters. The normalized spacial score (nSPS) is 16.1. The Balaban J connectivity index is 2.07. The number of rotatable bonds is 3. The van der Waals surface area contributed by atoms with Gasteiger partial charge in [-0.05, 0) is 32.5 Å². The zero-order chi connectivity index (χ0) is 11.4. The SMILES string of the molecule is CNCc1ccc(N2CCC=C(C)C2)nn1. The molecule has 86 valence electrons. The van der Waals surface area contributed by atoms with Gasteiger partial charge in [-0.15, -0.1) is 5.10 Å². The third-order valence-corrected chi connectivity index (χ3v) is 2.72. The summed E-state index contributed by atoms with van der Waals surface area (Å²) in [6.45, 7) is 4.94. The smallest absolute Gasteiger partial charge is 0.151 e. The van der Waals surface area contributed by atoms with Gasteiger partial charge in [0.1, 0.15) is 0 Å². The molecule has 0 aromatic carbocycles. The molecular weight excluding hydrogens is 200 g/mol. The van der Waals surface area contributed by atoms with Crippen molar-refractivity contribution in [2.75, 3.05) is 25.0 Å². The van der Waals surface area contributed by atoms with E-state index >= 15 is 0 Å². The van der Waals surface area contributed by atoms with Crippen molar-refractivity contribution in [2.24, 2.45) is 0 Å². The second kappa shape index (κ2) is 5.07. The molecule has 0 radical (unpaired) electrons. The highest BCUT2D eigenvalue weighted by atomic mass is 15.3. The number of anilines is 1. The van der Waals surface area contributed by atoms with Gasteiger partial charge in [0.05, 0.1) is 5.69 Å². The summed E-state index contributed by atoms with van der Waals surface area (Å²) >= 11 is 0. The van der Waals surface area contributed by atoms with E-state index in [1.807, 2.05) is 13.1 Å². The van der Waals surface area contributed by atoms with Crippen molar-refractivity contribution in [1.82, 2.24) is 15.5 Å². The number of nitrogens with zero attached hydrogens (tertiary/aromatic N) is 3. The third kappa shape index (κ3) is 2.58. The van der Waals surface area contributed by atoms with E-state index in [0.29, 0.717) is 0 Å². The van der Waals surface area contributed by atoms with E-state index in [1.165, 1.54) is 5.57 Å². The lowest BCUT2D eigenvalue weighted by Crippen LogP contribution is -2.30. The minimum absolute atomic E-state index is 0.770. The Bertz CT molecular complexity index is 369. The summed E-state index contributed by atoms with van der Waals surface area (Å²) in [7, 11) is 1.91. The van der Waals surface area contributed by atoms with Gasteiger partial charge in [0.25, 0.3) is 0 Å². The number of aromatic nitrogens is 2. The average molecular weight is 218 g/mol. The van der Waals surface area contributed by atoms with Crippen LogP contribution in [0.15, 0.2) is 23.8 Å². The van der Waals surface area contributed by atoms with E-state index in [-0.39, 0.29) is 0 Å². The fourth-order valence-corrected chi connectivity index (χ4v) is 1.90. The molecule has 0 saturated heterocycles. The fraction of sp³-hybridized carbons (Fsp3) is 0.500. The summed E-state index contributed by atoms with van der Waals surface area (Å²) < 4.78 is 0. The molecule has 0 fully saturated rings. The van der Waals surface area contributed by atoms with Crippen molar-refractivity contribution >= 4 is 5.82 Å². The Hall–Kier alpha value is -1.42. The Labute approximate surface area is 96.4 Å². The number of hydrogen-bond acceptors (Lipinski definition) is 4. The van der Waals surface area contributed by atoms with Gasteiger partial charge in [-0.2, -0.15) is 5.10 Å². The van der Waals surface area contributed by atoms with Crippen molar-refractivity contribution in [2.45, 2.75) is 19.9 Å². The standard InChI is InChI=1S/C12H18N4/c1-10-4-3-7-16(9-10)12-6-5-11(8-13-2)14-15-12/h4-6,13H,3,7-9H2,1-2H3. The predicted octanol–water partition coefficient (Wildman–Crippen LogP) is 1.35. The van der Waals surface area contributed by atoms with Gasteiger partial charge in [0.15, 0.2) is 5.82 Å². The number of nitrogens with one attached hydrogen (secondary N) is 1. The Kier molecular flexibility index (Phi) is 3.51. The van der Waals surface area contributed by atoms with Crippen LogP contribution in [0.3, 0.4) is 0 Å². The molecule has 4 nitrogen and oxygen atoms in total. The van der Waals surface area contributed by atoms with Crippen LogP contribution >= 0.6 is 0 Å². The first-order valence-electron chi connectivity index (χ1n) is 5.67. The third-order valence-electron chi connectivity index (χ3n) is 2.72. The van der Waals surface area contributed by atoms with Crippen LogP contribution in [0.25, 0.3) is 0 Å². The maximum atomic E-state index is 4.26. The summed E-state index contributed by atoms with van der Waals surface area (Å²) in [6, 6.07) is 4.09. The summed E-state index contributed by atoms with van der Waals surface area (Å²) in [5, 5.41) is 11.5. The second-order valence-corrected chi connectivity index (χ2v) is 4.17. The van der Waals surface area contributed by atoms with Crippen LogP contribution in [0.2, 0.25) is 0 Å². The highest BCUT2D eigenvalue weighted by Gasteiger charge is 2.11. The molecular formula is C12H18N4. The van der Waals surface area contributed by atoms with Crippen molar-refractivity contribution in [3.05, 3.63) is 29.5 Å². The molecule has 4 heteroatoms. The van der Waals surface area contributed by atoms with E-state index in [0.717, 1.165) is 37.6 Å². The summed E-state index contributed by atoms with van der Waals surface area (Å²) in [6.07, 6.45) is 3.39. The lowest BCUT2D eigenvalue weighted by Gasteiger charge is -2.26. The molecule has 2 heterocycles. The molecule has 1 N–H and O–H groups in total. The molecule has 1 aromatic rings. The summed E-state index contributed by atoms with van der Waals surface area (Å²) in [5.41, 5.74) is 2.39. The Morgan fingerprint density at radius 1 is 1.38 bits per heavy atom. The van der Waals surface area contributed by atoms with Crippen molar-refractivity contribution < 1.29 is 0 Å². The molecule has 0 aliphatic carbocycles. The van der Waals surface area contributed by atoms with Crippen LogP contribution in [0.4, 0.5) is 5.82 Å². The second-order valence-electron chi connectivity index (χ2n) is 4.17. The molecule has 0 bridgehead atoms. The minimum Gasteiger partial charge on any atom is -0.351 e. The maximum absolute atomic E-state index is 4.26. The quantitative estimate of drug-likeness (QED) is 0.778. The van der Waals surface area contributed by atoms with E-state index in [4.69, 9.17) is 0 Å². The van der Waals surface area contributed by atoms with E-state index in [9.17, 15) is 0 Å². The predicted molar refractivity (Wildman–Crippen MR) is 65.4 cm³/mol. The minimum atomic E-state index is 0.770. The van der Waals surface area contributed by atoms with Gasteiger partial charge in [0, 0.05) is 19.6 Å².